The van der Waals surface area contributed by atoms with E-state index in [1.54, 1.807) is 0 Å². The molecule has 5 nitrogen and oxygen atoms in total. The van der Waals surface area contributed by atoms with Crippen LogP contribution in [-0.4, -0.2) is 49.8 Å². The Morgan fingerprint density at radius 2 is 2.08 bits per heavy atom. The number of urea groups is 1. The Hall–Kier alpha value is -1.75. The number of nitrogens with one attached hydrogen (secondary N) is 1. The van der Waals surface area contributed by atoms with Crippen LogP contribution in [0.2, 0.25) is 0 Å². The highest BCUT2D eigenvalue weighted by Gasteiger charge is 2.22. The number of amides is 2. The van der Waals surface area contributed by atoms with Crippen molar-refractivity contribution in [3.05, 3.63) is 29.8 Å². The van der Waals surface area contributed by atoms with Gasteiger partial charge in [0, 0.05) is 45.0 Å². The van der Waals surface area contributed by atoms with E-state index in [1.807, 2.05) is 17.9 Å². The first kappa shape index (κ1) is 17.1. The second-order valence-electron chi connectivity index (χ2n) is 6.66. The van der Waals surface area contributed by atoms with E-state index in [-0.39, 0.29) is 12.1 Å². The summed E-state index contributed by atoms with van der Waals surface area (Å²) < 4.78 is 5.66. The highest BCUT2D eigenvalue weighted by atomic mass is 16.5. The zero-order chi connectivity index (χ0) is 16.8. The Labute approximate surface area is 145 Å². The molecule has 0 saturated carbocycles. The first-order chi connectivity index (χ1) is 11.8. The second kappa shape index (κ2) is 8.38. The van der Waals surface area contributed by atoms with E-state index in [0.29, 0.717) is 19.6 Å². The Kier molecular flexibility index (Phi) is 5.96. The Bertz CT molecular complexity index is 537. The molecule has 2 aliphatic heterocycles. The highest BCUT2D eigenvalue weighted by Crippen LogP contribution is 2.24. The van der Waals surface area contributed by atoms with Crippen LogP contribution >= 0.6 is 0 Å². The van der Waals surface area contributed by atoms with Crippen molar-refractivity contribution in [2.45, 2.75) is 45.3 Å². The topological polar surface area (TPSA) is 44.8 Å². The van der Waals surface area contributed by atoms with Crippen molar-refractivity contribution in [3.8, 4) is 0 Å². The summed E-state index contributed by atoms with van der Waals surface area (Å²) in [6, 6.07) is 8.41. The molecule has 5 heteroatoms. The number of carbonyl (C=O) groups excluding carboxylic acids is 1. The minimum Gasteiger partial charge on any atom is -0.376 e. The van der Waals surface area contributed by atoms with Gasteiger partial charge in [-0.15, -0.1) is 0 Å². The van der Waals surface area contributed by atoms with Crippen molar-refractivity contribution in [3.63, 3.8) is 0 Å². The van der Waals surface area contributed by atoms with Crippen LogP contribution in [0.3, 0.4) is 0 Å². The maximum atomic E-state index is 12.5. The molecule has 1 atom stereocenters. The van der Waals surface area contributed by atoms with E-state index < -0.39 is 0 Å². The van der Waals surface area contributed by atoms with Gasteiger partial charge in [0.15, 0.2) is 0 Å². The van der Waals surface area contributed by atoms with Gasteiger partial charge in [-0.1, -0.05) is 18.2 Å². The van der Waals surface area contributed by atoms with Crippen LogP contribution < -0.4 is 10.2 Å². The molecule has 2 amide bonds. The molecule has 0 aromatic heterocycles. The van der Waals surface area contributed by atoms with E-state index >= 15 is 0 Å². The van der Waals surface area contributed by atoms with Crippen molar-refractivity contribution in [1.82, 2.24) is 10.2 Å². The van der Waals surface area contributed by atoms with Gasteiger partial charge in [0.05, 0.1) is 6.10 Å². The predicted molar refractivity (Wildman–Crippen MR) is 96.3 cm³/mol. The smallest absolute Gasteiger partial charge is 0.317 e. The number of nitrogens with zero attached hydrogens (tertiary/aromatic N) is 2. The van der Waals surface area contributed by atoms with Crippen molar-refractivity contribution in [2.75, 3.05) is 37.7 Å². The summed E-state index contributed by atoms with van der Waals surface area (Å²) in [5.41, 5.74) is 2.46. The quantitative estimate of drug-likeness (QED) is 0.871. The minimum absolute atomic E-state index is 0.00391. The number of likely N-dealkylation sites (N-methyl/N-ethyl adjacent to an activating group) is 1. The van der Waals surface area contributed by atoms with Crippen LogP contribution in [0.25, 0.3) is 0 Å². The Morgan fingerprint density at radius 1 is 1.29 bits per heavy atom. The number of carbonyl (C=O) groups is 1. The lowest BCUT2D eigenvalue weighted by atomic mass is 10.1. The van der Waals surface area contributed by atoms with Gasteiger partial charge < -0.3 is 19.9 Å². The van der Waals surface area contributed by atoms with E-state index in [2.05, 4.69) is 28.4 Å². The molecule has 0 spiro atoms. The maximum absolute atomic E-state index is 12.5. The van der Waals surface area contributed by atoms with Crippen LogP contribution in [0.15, 0.2) is 24.3 Å². The monoisotopic (exact) mass is 331 g/mol. The number of hydrogen-bond acceptors (Lipinski definition) is 3. The average molecular weight is 331 g/mol. The summed E-state index contributed by atoms with van der Waals surface area (Å²) in [4.78, 5) is 16.8. The molecule has 2 saturated heterocycles. The van der Waals surface area contributed by atoms with Crippen LogP contribution in [0.5, 0.6) is 0 Å². The van der Waals surface area contributed by atoms with Gasteiger partial charge in [0.25, 0.3) is 0 Å². The molecule has 2 fully saturated rings. The third-order valence-corrected chi connectivity index (χ3v) is 4.99. The van der Waals surface area contributed by atoms with E-state index in [9.17, 15) is 4.79 Å². The molecule has 1 N–H and O–H groups in total. The second-order valence-corrected chi connectivity index (χ2v) is 6.66. The van der Waals surface area contributed by atoms with Crippen LogP contribution in [0, 0.1) is 0 Å². The fourth-order valence-electron chi connectivity index (χ4n) is 3.60. The van der Waals surface area contributed by atoms with E-state index in [4.69, 9.17) is 4.74 Å². The molecule has 0 radical (unpaired) electrons. The first-order valence-electron chi connectivity index (χ1n) is 9.25. The first-order valence-corrected chi connectivity index (χ1v) is 9.25. The molecule has 0 unspecified atom stereocenters. The SMILES string of the molecule is CCN(C[C@H]1CCCO1)C(=O)NCc1ccccc1N1CCCC1. The molecular formula is C19H29N3O2. The maximum Gasteiger partial charge on any atom is 0.317 e. The van der Waals surface area contributed by atoms with E-state index in [0.717, 1.165) is 32.5 Å². The molecular weight excluding hydrogens is 302 g/mol. The number of rotatable bonds is 6. The molecule has 24 heavy (non-hydrogen) atoms. The largest absolute Gasteiger partial charge is 0.376 e. The Balaban J connectivity index is 1.57. The minimum atomic E-state index is 0.00391. The summed E-state index contributed by atoms with van der Waals surface area (Å²) in [7, 11) is 0. The number of ether oxygens (including phenoxy) is 1. The van der Waals surface area contributed by atoms with Gasteiger partial charge >= 0.3 is 6.03 Å². The summed E-state index contributed by atoms with van der Waals surface area (Å²) in [6.07, 6.45) is 4.87. The zero-order valence-corrected chi connectivity index (χ0v) is 14.7. The predicted octanol–water partition coefficient (Wildman–Crippen LogP) is 3.00. The lowest BCUT2D eigenvalue weighted by Crippen LogP contribution is -2.43. The molecule has 0 aliphatic carbocycles. The van der Waals surface area contributed by atoms with Crippen molar-refractivity contribution in [1.29, 1.82) is 0 Å². The number of anilines is 1. The number of benzene rings is 1. The molecule has 2 aliphatic rings. The van der Waals surface area contributed by atoms with Crippen LogP contribution in [0.1, 0.15) is 38.2 Å². The molecule has 1 aromatic rings. The third kappa shape index (κ3) is 4.20. The summed E-state index contributed by atoms with van der Waals surface area (Å²) in [5.74, 6) is 0. The summed E-state index contributed by atoms with van der Waals surface area (Å²) in [5, 5.41) is 3.09. The van der Waals surface area contributed by atoms with Crippen molar-refractivity contribution < 1.29 is 9.53 Å². The summed E-state index contributed by atoms with van der Waals surface area (Å²) >= 11 is 0. The van der Waals surface area contributed by atoms with Gasteiger partial charge in [-0.3, -0.25) is 0 Å². The fraction of sp³-hybridized carbons (Fsp3) is 0.632. The van der Waals surface area contributed by atoms with Gasteiger partial charge in [0.2, 0.25) is 0 Å². The summed E-state index contributed by atoms with van der Waals surface area (Å²) in [6.45, 7) is 7.05. The normalized spacial score (nSPS) is 20.4. The van der Waals surface area contributed by atoms with E-state index in [1.165, 1.54) is 24.1 Å². The lowest BCUT2D eigenvalue weighted by molar-refractivity contribution is 0.0826. The molecule has 1 aromatic carbocycles. The van der Waals surface area contributed by atoms with Crippen molar-refractivity contribution >= 4 is 11.7 Å². The zero-order valence-electron chi connectivity index (χ0n) is 14.7. The van der Waals surface area contributed by atoms with Gasteiger partial charge in [0.1, 0.15) is 0 Å². The lowest BCUT2D eigenvalue weighted by Gasteiger charge is -2.25. The number of para-hydroxylation sites is 1. The van der Waals surface area contributed by atoms with Gasteiger partial charge in [-0.2, -0.15) is 0 Å². The molecule has 132 valence electrons. The fourth-order valence-corrected chi connectivity index (χ4v) is 3.60. The molecule has 2 heterocycles. The van der Waals surface area contributed by atoms with Crippen molar-refractivity contribution in [2.24, 2.45) is 0 Å². The standard InChI is InChI=1S/C19H29N3O2/c1-2-21(15-17-9-7-13-24-17)19(23)20-14-16-8-3-4-10-18(16)22-11-5-6-12-22/h3-4,8,10,17H,2,5-7,9,11-15H2,1H3,(H,20,23)/t17-/m1/s1. The van der Waals surface area contributed by atoms with Crippen LogP contribution in [0.4, 0.5) is 10.5 Å². The third-order valence-electron chi connectivity index (χ3n) is 4.99. The number of hydrogen-bond donors (Lipinski definition) is 1. The van der Waals surface area contributed by atoms with Crippen LogP contribution in [-0.2, 0) is 11.3 Å². The highest BCUT2D eigenvalue weighted by molar-refractivity contribution is 5.74. The molecule has 0 bridgehead atoms. The molecule has 3 rings (SSSR count). The van der Waals surface area contributed by atoms with Gasteiger partial charge in [-0.25, -0.2) is 4.79 Å². The Morgan fingerprint density at radius 3 is 2.79 bits per heavy atom. The van der Waals surface area contributed by atoms with Gasteiger partial charge in [-0.05, 0) is 44.2 Å². The average Bonchev–Trinajstić information content (AvgIpc) is 3.31.